The fraction of sp³-hybridized carbons (Fsp3) is 0.882. The number of ether oxygens (including phenoxy) is 3. The van der Waals surface area contributed by atoms with Gasteiger partial charge in [-0.15, -0.1) is 0 Å². The predicted octanol–water partition coefficient (Wildman–Crippen LogP) is 1.45. The Hall–Kier alpha value is -0.990. The highest BCUT2D eigenvalue weighted by molar-refractivity contribution is 8.00. The molecule has 0 aromatic carbocycles. The minimum atomic E-state index is -0.126. The topological polar surface area (TPSA) is 89.2 Å². The van der Waals surface area contributed by atoms with Gasteiger partial charge in [0.05, 0.1) is 31.4 Å². The van der Waals surface area contributed by atoms with E-state index in [4.69, 9.17) is 14.2 Å². The summed E-state index contributed by atoms with van der Waals surface area (Å²) in [6, 6.07) is 0.469. The van der Waals surface area contributed by atoms with E-state index in [1.807, 2.05) is 11.8 Å². The second kappa shape index (κ2) is 9.64. The molecule has 3 rings (SSSR count). The van der Waals surface area contributed by atoms with Gasteiger partial charge in [-0.1, -0.05) is 6.42 Å². The van der Waals surface area contributed by atoms with Crippen LogP contribution in [-0.4, -0.2) is 67.6 Å². The van der Waals surface area contributed by atoms with E-state index in [1.54, 1.807) is 0 Å². The summed E-state index contributed by atoms with van der Waals surface area (Å²) in [5, 5.41) is 6.39. The average molecular weight is 372 g/mol. The largest absolute Gasteiger partial charge is 0.466 e. The molecule has 0 aromatic rings. The summed E-state index contributed by atoms with van der Waals surface area (Å²) in [6.45, 7) is 2.64. The number of epoxide rings is 1. The Morgan fingerprint density at radius 2 is 2.04 bits per heavy atom. The second-order valence-corrected chi connectivity index (χ2v) is 8.07. The van der Waals surface area contributed by atoms with Crippen LogP contribution in [0.4, 0.5) is 4.79 Å². The fourth-order valence-corrected chi connectivity index (χ4v) is 4.77. The summed E-state index contributed by atoms with van der Waals surface area (Å²) in [7, 11) is 0. The average Bonchev–Trinajstić information content (AvgIpc) is 3.24. The van der Waals surface area contributed by atoms with E-state index >= 15 is 0 Å². The van der Waals surface area contributed by atoms with Gasteiger partial charge in [-0.2, -0.15) is 11.8 Å². The van der Waals surface area contributed by atoms with Crippen LogP contribution in [-0.2, 0) is 19.0 Å². The second-order valence-electron chi connectivity index (χ2n) is 6.80. The number of unbranched alkanes of at least 4 members (excludes halogenated alkanes) is 1. The van der Waals surface area contributed by atoms with Crippen LogP contribution in [0.15, 0.2) is 0 Å². The van der Waals surface area contributed by atoms with Crippen LogP contribution in [0.25, 0.3) is 0 Å². The third kappa shape index (κ3) is 6.34. The number of esters is 1. The predicted molar refractivity (Wildman–Crippen MR) is 94.7 cm³/mol. The summed E-state index contributed by atoms with van der Waals surface area (Å²) in [5.41, 5.74) is 0. The molecule has 2 amide bonds. The first kappa shape index (κ1) is 18.8. The molecule has 3 saturated heterocycles. The van der Waals surface area contributed by atoms with Crippen LogP contribution in [0.2, 0.25) is 0 Å². The van der Waals surface area contributed by atoms with E-state index in [2.05, 4.69) is 10.6 Å². The molecule has 0 aromatic heterocycles. The third-order valence-electron chi connectivity index (χ3n) is 4.74. The molecule has 0 aliphatic carbocycles. The molecule has 3 aliphatic heterocycles. The molecule has 7 nitrogen and oxygen atoms in total. The van der Waals surface area contributed by atoms with Crippen LogP contribution < -0.4 is 10.6 Å². The number of carbonyl (C=O) groups is 2. The van der Waals surface area contributed by atoms with Gasteiger partial charge < -0.3 is 24.8 Å². The first-order chi connectivity index (χ1) is 12.2. The van der Waals surface area contributed by atoms with Gasteiger partial charge in [0, 0.05) is 37.1 Å². The molecule has 0 spiro atoms. The van der Waals surface area contributed by atoms with E-state index in [9.17, 15) is 9.59 Å². The Bertz CT molecular complexity index is 460. The van der Waals surface area contributed by atoms with E-state index < -0.39 is 0 Å². The quantitative estimate of drug-likeness (QED) is 0.233. The minimum absolute atomic E-state index is 0.0475. The molecule has 0 radical (unpaired) electrons. The summed E-state index contributed by atoms with van der Waals surface area (Å²) in [4.78, 5) is 23.0. The van der Waals surface area contributed by atoms with Gasteiger partial charge in [-0.3, -0.25) is 4.79 Å². The van der Waals surface area contributed by atoms with Crippen molar-refractivity contribution in [1.29, 1.82) is 0 Å². The Kier molecular flexibility index (Phi) is 7.24. The minimum Gasteiger partial charge on any atom is -0.466 e. The summed E-state index contributed by atoms with van der Waals surface area (Å²) >= 11 is 1.91. The van der Waals surface area contributed by atoms with Crippen molar-refractivity contribution in [1.82, 2.24) is 10.6 Å². The lowest BCUT2D eigenvalue weighted by atomic mass is 10.0. The van der Waals surface area contributed by atoms with Crippen molar-refractivity contribution >= 4 is 23.8 Å². The van der Waals surface area contributed by atoms with E-state index in [0.717, 1.165) is 51.1 Å². The monoisotopic (exact) mass is 372 g/mol. The zero-order valence-corrected chi connectivity index (χ0v) is 15.4. The molecule has 25 heavy (non-hydrogen) atoms. The highest BCUT2D eigenvalue weighted by Crippen LogP contribution is 2.33. The van der Waals surface area contributed by atoms with Crippen molar-refractivity contribution in [2.24, 2.45) is 0 Å². The van der Waals surface area contributed by atoms with Gasteiger partial charge in [-0.05, 0) is 19.3 Å². The van der Waals surface area contributed by atoms with Crippen molar-refractivity contribution in [3.8, 4) is 0 Å². The van der Waals surface area contributed by atoms with Crippen molar-refractivity contribution in [2.45, 2.75) is 62.0 Å². The van der Waals surface area contributed by atoms with Gasteiger partial charge in [0.25, 0.3) is 0 Å². The zero-order valence-electron chi connectivity index (χ0n) is 14.5. The number of thioether (sulfide) groups is 1. The van der Waals surface area contributed by atoms with Crippen molar-refractivity contribution in [3.63, 3.8) is 0 Å². The molecule has 8 heteroatoms. The molecule has 3 aliphatic rings. The van der Waals surface area contributed by atoms with Crippen LogP contribution in [0, 0.1) is 0 Å². The van der Waals surface area contributed by atoms with Crippen LogP contribution in [0.1, 0.15) is 38.5 Å². The summed E-state index contributed by atoms with van der Waals surface area (Å²) in [6.07, 6.45) is 5.43. The molecule has 0 bridgehead atoms. The van der Waals surface area contributed by atoms with Crippen LogP contribution >= 0.6 is 11.8 Å². The highest BCUT2D eigenvalue weighted by Gasteiger charge is 2.42. The lowest BCUT2D eigenvalue weighted by Gasteiger charge is -2.16. The SMILES string of the molecule is O=C1N[C@H]2[C@H](CS[C@H]2CCCCC(=O)OCCCOCCC2CO2)N1. The molecule has 3 heterocycles. The molecule has 2 N–H and O–H groups in total. The Morgan fingerprint density at radius 1 is 1.16 bits per heavy atom. The summed E-state index contributed by atoms with van der Waals surface area (Å²) < 4.78 is 15.8. The van der Waals surface area contributed by atoms with Crippen LogP contribution in [0.5, 0.6) is 0 Å². The number of rotatable bonds is 12. The third-order valence-corrected chi connectivity index (χ3v) is 6.25. The number of nitrogens with one attached hydrogen (secondary N) is 2. The lowest BCUT2D eigenvalue weighted by Crippen LogP contribution is -2.36. The highest BCUT2D eigenvalue weighted by atomic mass is 32.2. The Balaban J connectivity index is 1.13. The van der Waals surface area contributed by atoms with Crippen molar-refractivity contribution in [3.05, 3.63) is 0 Å². The van der Waals surface area contributed by atoms with Crippen molar-refractivity contribution < 1.29 is 23.8 Å². The van der Waals surface area contributed by atoms with Gasteiger partial charge in [0.2, 0.25) is 0 Å². The summed E-state index contributed by atoms with van der Waals surface area (Å²) in [5.74, 6) is 0.852. The molecule has 4 atom stereocenters. The number of amides is 2. The zero-order chi connectivity index (χ0) is 17.5. The van der Waals surface area contributed by atoms with Crippen LogP contribution in [0.3, 0.4) is 0 Å². The van der Waals surface area contributed by atoms with E-state index in [1.165, 1.54) is 0 Å². The molecule has 0 saturated carbocycles. The van der Waals surface area contributed by atoms with Gasteiger partial charge in [0.1, 0.15) is 0 Å². The molecular weight excluding hydrogens is 344 g/mol. The first-order valence-electron chi connectivity index (χ1n) is 9.26. The molecule has 1 unspecified atom stereocenters. The standard InChI is InChI=1S/C17H28N2O5S/c20-15(23-8-3-7-22-9-6-12-10-24-12)5-2-1-4-14-16-13(11-25-14)18-17(21)19-16/h12-14,16H,1-11H2,(H2,18,19,21)/t12?,13-,14-,16-/m0/s1. The lowest BCUT2D eigenvalue weighted by molar-refractivity contribution is -0.144. The maximum Gasteiger partial charge on any atom is 0.315 e. The van der Waals surface area contributed by atoms with Gasteiger partial charge in [0.15, 0.2) is 0 Å². The van der Waals surface area contributed by atoms with Gasteiger partial charge >= 0.3 is 12.0 Å². The number of hydrogen-bond acceptors (Lipinski definition) is 6. The number of urea groups is 1. The molecule has 3 fully saturated rings. The Morgan fingerprint density at radius 3 is 2.88 bits per heavy atom. The first-order valence-corrected chi connectivity index (χ1v) is 10.3. The molecular formula is C17H28N2O5S. The molecule has 142 valence electrons. The number of fused-ring (bicyclic) bond motifs is 1. The normalized spacial score (nSPS) is 29.8. The van der Waals surface area contributed by atoms with E-state index in [0.29, 0.717) is 31.0 Å². The fourth-order valence-electron chi connectivity index (χ4n) is 3.23. The Labute approximate surface area is 152 Å². The van der Waals surface area contributed by atoms with Crippen molar-refractivity contribution in [2.75, 3.05) is 32.2 Å². The van der Waals surface area contributed by atoms with Gasteiger partial charge in [-0.25, -0.2) is 4.79 Å². The number of hydrogen-bond donors (Lipinski definition) is 2. The van der Waals surface area contributed by atoms with E-state index in [-0.39, 0.29) is 24.1 Å². The smallest absolute Gasteiger partial charge is 0.315 e. The maximum absolute atomic E-state index is 11.7. The maximum atomic E-state index is 11.7. The number of carbonyl (C=O) groups excluding carboxylic acids is 2.